The van der Waals surface area contributed by atoms with Crippen LogP contribution in [0.4, 0.5) is 0 Å². The Labute approximate surface area is 174 Å². The number of hydrogen-bond donors (Lipinski definition) is 0. The Bertz CT molecular complexity index is 716. The topological polar surface area (TPSA) is 33.2 Å². The van der Waals surface area contributed by atoms with Crippen LogP contribution in [0.5, 0.6) is 0 Å². The second kappa shape index (κ2) is 10.8. The fourth-order valence-electron chi connectivity index (χ4n) is 4.42. The number of rotatable bonds is 9. The molecule has 0 spiro atoms. The molecule has 2 aromatic heterocycles. The molecule has 2 aromatic rings. The molecular weight excluding hydrogens is 364 g/mol. The lowest BCUT2D eigenvalue weighted by molar-refractivity contribution is -0.140. The maximum Gasteiger partial charge on any atom is 0.226 e. The van der Waals surface area contributed by atoms with Crippen LogP contribution in [0.25, 0.3) is 11.3 Å². The quantitative estimate of drug-likeness (QED) is 0.471. The maximum atomic E-state index is 13.5. The molecule has 0 atom stereocenters. The van der Waals surface area contributed by atoms with E-state index in [1.165, 1.54) is 19.3 Å². The van der Waals surface area contributed by atoms with Crippen LogP contribution in [0.1, 0.15) is 77.3 Å². The molecule has 4 heteroatoms. The Morgan fingerprint density at radius 2 is 1.89 bits per heavy atom. The van der Waals surface area contributed by atoms with Crippen LogP contribution >= 0.6 is 11.3 Å². The molecule has 2 heterocycles. The molecule has 0 aromatic carbocycles. The molecule has 0 N–H and O–H groups in total. The SMILES string of the molecule is CCCC(CCC)C(=O)N(Cc1cccc(-c2ccsc2)n1)C1CCCCC1. The zero-order chi connectivity index (χ0) is 19.8. The van der Waals surface area contributed by atoms with Gasteiger partial charge in [-0.2, -0.15) is 11.3 Å². The number of thiophene rings is 1. The summed E-state index contributed by atoms with van der Waals surface area (Å²) in [6.07, 6.45) is 10.2. The Hall–Kier alpha value is -1.68. The van der Waals surface area contributed by atoms with Gasteiger partial charge in [-0.15, -0.1) is 0 Å². The van der Waals surface area contributed by atoms with Gasteiger partial charge in [-0.3, -0.25) is 9.78 Å². The molecule has 152 valence electrons. The number of aromatic nitrogens is 1. The van der Waals surface area contributed by atoms with Crippen LogP contribution < -0.4 is 0 Å². The number of nitrogens with zero attached hydrogens (tertiary/aromatic N) is 2. The minimum atomic E-state index is 0.164. The van der Waals surface area contributed by atoms with Gasteiger partial charge in [0.15, 0.2) is 0 Å². The maximum absolute atomic E-state index is 13.5. The lowest BCUT2D eigenvalue weighted by Gasteiger charge is -2.36. The molecule has 0 radical (unpaired) electrons. The van der Waals surface area contributed by atoms with Gasteiger partial charge in [-0.05, 0) is 49.3 Å². The summed E-state index contributed by atoms with van der Waals surface area (Å²) in [4.78, 5) is 20.6. The molecule has 3 rings (SSSR count). The first kappa shape index (κ1) is 21.0. The second-order valence-electron chi connectivity index (χ2n) is 8.06. The Kier molecular flexibility index (Phi) is 8.08. The van der Waals surface area contributed by atoms with E-state index >= 15 is 0 Å². The molecule has 0 aliphatic heterocycles. The highest BCUT2D eigenvalue weighted by Crippen LogP contribution is 2.28. The smallest absolute Gasteiger partial charge is 0.226 e. The second-order valence-corrected chi connectivity index (χ2v) is 8.84. The van der Waals surface area contributed by atoms with Crippen LogP contribution in [-0.4, -0.2) is 21.8 Å². The van der Waals surface area contributed by atoms with Gasteiger partial charge in [-0.25, -0.2) is 0 Å². The van der Waals surface area contributed by atoms with Crippen molar-refractivity contribution < 1.29 is 4.79 Å². The average molecular weight is 399 g/mol. The zero-order valence-corrected chi connectivity index (χ0v) is 18.2. The van der Waals surface area contributed by atoms with Crippen LogP contribution in [0.2, 0.25) is 0 Å². The fourth-order valence-corrected chi connectivity index (χ4v) is 5.07. The third-order valence-corrected chi connectivity index (χ3v) is 6.56. The predicted octanol–water partition coefficient (Wildman–Crippen LogP) is 6.69. The molecule has 1 aliphatic carbocycles. The van der Waals surface area contributed by atoms with Crippen molar-refractivity contribution in [3.63, 3.8) is 0 Å². The minimum Gasteiger partial charge on any atom is -0.334 e. The van der Waals surface area contributed by atoms with Crippen LogP contribution in [-0.2, 0) is 11.3 Å². The molecule has 0 saturated heterocycles. The third kappa shape index (κ3) is 5.44. The van der Waals surface area contributed by atoms with E-state index in [0.29, 0.717) is 18.5 Å². The molecule has 1 aliphatic rings. The Morgan fingerprint density at radius 1 is 1.14 bits per heavy atom. The minimum absolute atomic E-state index is 0.164. The van der Waals surface area contributed by atoms with E-state index in [1.807, 2.05) is 0 Å². The van der Waals surface area contributed by atoms with E-state index in [2.05, 4.69) is 53.8 Å². The molecule has 28 heavy (non-hydrogen) atoms. The van der Waals surface area contributed by atoms with Crippen molar-refractivity contribution in [1.82, 2.24) is 9.88 Å². The Balaban J connectivity index is 1.82. The summed E-state index contributed by atoms with van der Waals surface area (Å²) < 4.78 is 0. The summed E-state index contributed by atoms with van der Waals surface area (Å²) in [6, 6.07) is 8.71. The van der Waals surface area contributed by atoms with Crippen molar-refractivity contribution in [2.45, 2.75) is 84.2 Å². The normalized spacial score (nSPS) is 15.1. The van der Waals surface area contributed by atoms with Crippen LogP contribution in [0, 0.1) is 5.92 Å². The van der Waals surface area contributed by atoms with E-state index in [0.717, 1.165) is 55.5 Å². The lowest BCUT2D eigenvalue weighted by atomic mass is 9.91. The molecule has 1 amide bonds. The predicted molar refractivity (Wildman–Crippen MR) is 118 cm³/mol. The van der Waals surface area contributed by atoms with Gasteiger partial charge in [-0.1, -0.05) is 52.0 Å². The van der Waals surface area contributed by atoms with E-state index in [-0.39, 0.29) is 5.92 Å². The van der Waals surface area contributed by atoms with Gasteiger partial charge in [0, 0.05) is 22.9 Å². The zero-order valence-electron chi connectivity index (χ0n) is 17.4. The molecular formula is C24H34N2OS. The molecule has 1 saturated carbocycles. The van der Waals surface area contributed by atoms with Gasteiger partial charge >= 0.3 is 0 Å². The van der Waals surface area contributed by atoms with E-state index in [1.54, 1.807) is 11.3 Å². The summed E-state index contributed by atoms with van der Waals surface area (Å²) in [6.45, 7) is 5.02. The number of carbonyl (C=O) groups excluding carboxylic acids is 1. The van der Waals surface area contributed by atoms with Gasteiger partial charge in [0.2, 0.25) is 5.91 Å². The number of hydrogen-bond acceptors (Lipinski definition) is 3. The molecule has 1 fully saturated rings. The van der Waals surface area contributed by atoms with Gasteiger partial charge in [0.05, 0.1) is 17.9 Å². The van der Waals surface area contributed by atoms with Crippen molar-refractivity contribution in [1.29, 1.82) is 0 Å². The summed E-state index contributed by atoms with van der Waals surface area (Å²) >= 11 is 1.69. The summed E-state index contributed by atoms with van der Waals surface area (Å²) in [5, 5.41) is 4.22. The molecule has 3 nitrogen and oxygen atoms in total. The van der Waals surface area contributed by atoms with E-state index in [4.69, 9.17) is 4.98 Å². The Morgan fingerprint density at radius 3 is 2.54 bits per heavy atom. The van der Waals surface area contributed by atoms with Crippen molar-refractivity contribution in [2.24, 2.45) is 5.92 Å². The fraction of sp³-hybridized carbons (Fsp3) is 0.583. The van der Waals surface area contributed by atoms with E-state index in [9.17, 15) is 4.79 Å². The highest BCUT2D eigenvalue weighted by atomic mass is 32.1. The van der Waals surface area contributed by atoms with Gasteiger partial charge in [0.1, 0.15) is 0 Å². The molecule has 0 unspecified atom stereocenters. The van der Waals surface area contributed by atoms with Crippen molar-refractivity contribution in [3.8, 4) is 11.3 Å². The summed E-state index contributed by atoms with van der Waals surface area (Å²) in [7, 11) is 0. The van der Waals surface area contributed by atoms with Crippen LogP contribution in [0.3, 0.4) is 0 Å². The summed E-state index contributed by atoms with van der Waals surface area (Å²) in [5.41, 5.74) is 3.18. The first-order valence-electron chi connectivity index (χ1n) is 11.0. The standard InChI is InChI=1S/C24H34N2OS/c1-3-9-19(10-4-2)24(27)26(22-12-6-5-7-13-22)17-21-11-8-14-23(25-21)20-15-16-28-18-20/h8,11,14-16,18-19,22H,3-7,9-10,12-13,17H2,1-2H3. The third-order valence-electron chi connectivity index (χ3n) is 5.88. The largest absolute Gasteiger partial charge is 0.334 e. The molecule has 0 bridgehead atoms. The summed E-state index contributed by atoms with van der Waals surface area (Å²) in [5.74, 6) is 0.523. The monoisotopic (exact) mass is 398 g/mol. The highest BCUT2D eigenvalue weighted by Gasteiger charge is 2.30. The van der Waals surface area contributed by atoms with Crippen molar-refractivity contribution >= 4 is 17.2 Å². The van der Waals surface area contributed by atoms with Crippen LogP contribution in [0.15, 0.2) is 35.0 Å². The first-order valence-corrected chi connectivity index (χ1v) is 12.0. The highest BCUT2D eigenvalue weighted by molar-refractivity contribution is 7.08. The van der Waals surface area contributed by atoms with Crippen molar-refractivity contribution in [2.75, 3.05) is 0 Å². The lowest BCUT2D eigenvalue weighted by Crippen LogP contribution is -2.44. The average Bonchev–Trinajstić information content (AvgIpc) is 3.27. The first-order chi connectivity index (χ1) is 13.7. The van der Waals surface area contributed by atoms with Gasteiger partial charge in [0.25, 0.3) is 0 Å². The van der Waals surface area contributed by atoms with Crippen molar-refractivity contribution in [3.05, 3.63) is 40.7 Å². The number of pyridine rings is 1. The number of amides is 1. The van der Waals surface area contributed by atoms with Gasteiger partial charge < -0.3 is 4.90 Å². The number of carbonyl (C=O) groups is 1. The van der Waals surface area contributed by atoms with E-state index < -0.39 is 0 Å².